The number of nitriles is 1. The number of nitrogens with one attached hydrogen (secondary N) is 2. The van der Waals surface area contributed by atoms with E-state index in [-0.39, 0.29) is 11.4 Å². The molecular formula is C20H20FN3O3. The predicted octanol–water partition coefficient (Wildman–Crippen LogP) is 3.02. The Bertz CT molecular complexity index is 875. The number of carbonyl (C=O) groups is 1. The normalized spacial score (nSPS) is 10.7. The minimum atomic E-state index is -0.553. The van der Waals surface area contributed by atoms with Crippen molar-refractivity contribution >= 4 is 11.6 Å². The summed E-state index contributed by atoms with van der Waals surface area (Å²) >= 11 is 0. The minimum Gasteiger partial charge on any atom is -0.493 e. The molecule has 2 N–H and O–H groups in total. The highest BCUT2D eigenvalue weighted by Crippen LogP contribution is 2.29. The molecule has 2 rings (SSSR count). The molecule has 0 atom stereocenters. The highest BCUT2D eigenvalue weighted by atomic mass is 19.1. The fraction of sp³-hybridized carbons (Fsp3) is 0.200. The highest BCUT2D eigenvalue weighted by Gasteiger charge is 2.11. The van der Waals surface area contributed by atoms with Gasteiger partial charge in [0.2, 0.25) is 0 Å². The first kappa shape index (κ1) is 19.8. The van der Waals surface area contributed by atoms with Gasteiger partial charge in [-0.15, -0.1) is 0 Å². The highest BCUT2D eigenvalue weighted by molar-refractivity contribution is 6.06. The zero-order valence-electron chi connectivity index (χ0n) is 15.1. The van der Waals surface area contributed by atoms with E-state index in [0.717, 1.165) is 5.56 Å². The molecule has 0 heterocycles. The number of nitrogens with zero attached hydrogens (tertiary/aromatic N) is 1. The van der Waals surface area contributed by atoms with Crippen molar-refractivity contribution < 1.29 is 18.7 Å². The van der Waals surface area contributed by atoms with Crippen molar-refractivity contribution in [3.8, 4) is 17.6 Å². The summed E-state index contributed by atoms with van der Waals surface area (Å²) < 4.78 is 23.4. The Morgan fingerprint density at radius 3 is 2.63 bits per heavy atom. The molecule has 0 unspecified atom stereocenters. The van der Waals surface area contributed by atoms with Gasteiger partial charge in [0.1, 0.15) is 17.5 Å². The standard InChI is InChI=1S/C20H20FN3O3/c1-26-18-7-6-17(11-19(18)27-2)24-20(25)15(12-22)13-23-9-8-14-4-3-5-16(21)10-14/h3-7,10-11,13,23H,8-9H2,1-2H3,(H,24,25)/b15-13-. The third-order valence-electron chi connectivity index (χ3n) is 3.70. The van der Waals surface area contributed by atoms with E-state index in [1.165, 1.54) is 32.6 Å². The summed E-state index contributed by atoms with van der Waals surface area (Å²) in [6.07, 6.45) is 1.90. The largest absolute Gasteiger partial charge is 0.493 e. The zero-order valence-corrected chi connectivity index (χ0v) is 15.1. The van der Waals surface area contributed by atoms with E-state index in [4.69, 9.17) is 9.47 Å². The first-order chi connectivity index (χ1) is 13.1. The lowest BCUT2D eigenvalue weighted by molar-refractivity contribution is -0.112. The van der Waals surface area contributed by atoms with Gasteiger partial charge >= 0.3 is 0 Å². The molecular weight excluding hydrogens is 349 g/mol. The van der Waals surface area contributed by atoms with Gasteiger partial charge in [-0.3, -0.25) is 4.79 Å². The lowest BCUT2D eigenvalue weighted by Crippen LogP contribution is -2.18. The van der Waals surface area contributed by atoms with Crippen LogP contribution in [0.15, 0.2) is 54.2 Å². The lowest BCUT2D eigenvalue weighted by atomic mass is 10.1. The van der Waals surface area contributed by atoms with E-state index in [0.29, 0.717) is 30.2 Å². The summed E-state index contributed by atoms with van der Waals surface area (Å²) in [5.74, 6) is 0.148. The average Bonchev–Trinajstić information content (AvgIpc) is 2.67. The molecule has 2 aromatic carbocycles. The number of hydrogen-bond acceptors (Lipinski definition) is 5. The van der Waals surface area contributed by atoms with Crippen LogP contribution in [0.1, 0.15) is 5.56 Å². The summed E-state index contributed by atoms with van der Waals surface area (Å²) in [6, 6.07) is 13.0. The van der Waals surface area contributed by atoms with E-state index >= 15 is 0 Å². The summed E-state index contributed by atoms with van der Waals surface area (Å²) in [5.41, 5.74) is 1.21. The molecule has 140 valence electrons. The maximum Gasteiger partial charge on any atom is 0.267 e. The summed E-state index contributed by atoms with van der Waals surface area (Å²) in [4.78, 5) is 12.2. The molecule has 0 aromatic heterocycles. The molecule has 0 aliphatic carbocycles. The van der Waals surface area contributed by atoms with Crippen LogP contribution in [0.5, 0.6) is 11.5 Å². The smallest absolute Gasteiger partial charge is 0.267 e. The molecule has 2 aromatic rings. The van der Waals surface area contributed by atoms with Crippen LogP contribution in [0.4, 0.5) is 10.1 Å². The van der Waals surface area contributed by atoms with Crippen LogP contribution in [0, 0.1) is 17.1 Å². The molecule has 6 nitrogen and oxygen atoms in total. The number of rotatable bonds is 8. The lowest BCUT2D eigenvalue weighted by Gasteiger charge is -2.10. The third-order valence-corrected chi connectivity index (χ3v) is 3.70. The fourth-order valence-corrected chi connectivity index (χ4v) is 2.34. The van der Waals surface area contributed by atoms with Gasteiger partial charge in [-0.1, -0.05) is 12.1 Å². The molecule has 0 fully saturated rings. The van der Waals surface area contributed by atoms with E-state index < -0.39 is 5.91 Å². The maximum atomic E-state index is 13.1. The maximum absolute atomic E-state index is 13.1. The number of methoxy groups -OCH3 is 2. The summed E-state index contributed by atoms with van der Waals surface area (Å²) in [6.45, 7) is 0.457. The van der Waals surface area contributed by atoms with Crippen molar-refractivity contribution in [2.75, 3.05) is 26.1 Å². The molecule has 0 radical (unpaired) electrons. The number of benzene rings is 2. The molecule has 0 saturated heterocycles. The third kappa shape index (κ3) is 5.75. The van der Waals surface area contributed by atoms with Crippen LogP contribution in [0.2, 0.25) is 0 Å². The Hall–Kier alpha value is -3.53. The van der Waals surface area contributed by atoms with Gasteiger partial charge < -0.3 is 20.1 Å². The molecule has 0 spiro atoms. The van der Waals surface area contributed by atoms with Gasteiger partial charge in [-0.2, -0.15) is 5.26 Å². The summed E-state index contributed by atoms with van der Waals surface area (Å²) in [5, 5.41) is 14.7. The van der Waals surface area contributed by atoms with Crippen molar-refractivity contribution in [1.29, 1.82) is 5.26 Å². The van der Waals surface area contributed by atoms with Crippen LogP contribution in [-0.4, -0.2) is 26.7 Å². The topological polar surface area (TPSA) is 83.4 Å². The van der Waals surface area contributed by atoms with Crippen LogP contribution in [0.25, 0.3) is 0 Å². The van der Waals surface area contributed by atoms with Crippen molar-refractivity contribution in [3.63, 3.8) is 0 Å². The molecule has 0 saturated carbocycles. The van der Waals surface area contributed by atoms with E-state index in [2.05, 4.69) is 10.6 Å². The van der Waals surface area contributed by atoms with Crippen molar-refractivity contribution in [2.45, 2.75) is 6.42 Å². The molecule has 27 heavy (non-hydrogen) atoms. The second kappa shape index (κ2) is 9.82. The molecule has 0 bridgehead atoms. The van der Waals surface area contributed by atoms with E-state index in [1.54, 1.807) is 24.3 Å². The zero-order chi connectivity index (χ0) is 19.6. The van der Waals surface area contributed by atoms with Gasteiger partial charge in [-0.25, -0.2) is 4.39 Å². The Kier molecular flexibility index (Phi) is 7.20. The second-order valence-corrected chi connectivity index (χ2v) is 5.53. The SMILES string of the molecule is COc1ccc(NC(=O)/C(C#N)=C\NCCc2cccc(F)c2)cc1OC. The van der Waals surface area contributed by atoms with E-state index in [9.17, 15) is 14.4 Å². The number of halogens is 1. The van der Waals surface area contributed by atoms with Crippen LogP contribution in [0.3, 0.4) is 0 Å². The van der Waals surface area contributed by atoms with Crippen LogP contribution < -0.4 is 20.1 Å². The number of amides is 1. The van der Waals surface area contributed by atoms with Crippen molar-refractivity contribution in [2.24, 2.45) is 0 Å². The summed E-state index contributed by atoms with van der Waals surface area (Å²) in [7, 11) is 3.01. The number of ether oxygens (including phenoxy) is 2. The van der Waals surface area contributed by atoms with Gasteiger partial charge in [0.15, 0.2) is 11.5 Å². The van der Waals surface area contributed by atoms with Crippen LogP contribution >= 0.6 is 0 Å². The quantitative estimate of drug-likeness (QED) is 0.425. The van der Waals surface area contributed by atoms with Gasteiger partial charge in [0.25, 0.3) is 5.91 Å². The average molecular weight is 369 g/mol. The molecule has 1 amide bonds. The Morgan fingerprint density at radius 2 is 1.96 bits per heavy atom. The minimum absolute atomic E-state index is 0.0796. The Morgan fingerprint density at radius 1 is 1.19 bits per heavy atom. The number of carbonyl (C=O) groups excluding carboxylic acids is 1. The monoisotopic (exact) mass is 369 g/mol. The van der Waals surface area contributed by atoms with Gasteiger partial charge in [0, 0.05) is 24.5 Å². The van der Waals surface area contributed by atoms with Crippen molar-refractivity contribution in [1.82, 2.24) is 5.32 Å². The first-order valence-corrected chi connectivity index (χ1v) is 8.19. The van der Waals surface area contributed by atoms with Crippen LogP contribution in [-0.2, 0) is 11.2 Å². The number of anilines is 1. The number of hydrogen-bond donors (Lipinski definition) is 2. The van der Waals surface area contributed by atoms with Crippen molar-refractivity contribution in [3.05, 3.63) is 65.6 Å². The second-order valence-electron chi connectivity index (χ2n) is 5.53. The Balaban J connectivity index is 1.95. The van der Waals surface area contributed by atoms with E-state index in [1.807, 2.05) is 12.1 Å². The molecule has 0 aliphatic heterocycles. The first-order valence-electron chi connectivity index (χ1n) is 8.19. The fourth-order valence-electron chi connectivity index (χ4n) is 2.34. The van der Waals surface area contributed by atoms with Gasteiger partial charge in [-0.05, 0) is 36.2 Å². The molecule has 0 aliphatic rings. The predicted molar refractivity (Wildman–Crippen MR) is 100.0 cm³/mol. The molecule has 7 heteroatoms. The Labute approximate surface area is 157 Å². The van der Waals surface area contributed by atoms with Gasteiger partial charge in [0.05, 0.1) is 14.2 Å².